The van der Waals surface area contributed by atoms with Crippen molar-refractivity contribution in [3.8, 4) is 0 Å². The van der Waals surface area contributed by atoms with Gasteiger partial charge in [-0.25, -0.2) is 4.68 Å². The molecule has 0 atom stereocenters. The number of aromatic nitrogens is 3. The van der Waals surface area contributed by atoms with Gasteiger partial charge in [0.25, 0.3) is 5.91 Å². The van der Waals surface area contributed by atoms with Gasteiger partial charge in [0.15, 0.2) is 0 Å². The Morgan fingerprint density at radius 3 is 2.70 bits per heavy atom. The highest BCUT2D eigenvalue weighted by Crippen LogP contribution is 2.15. The van der Waals surface area contributed by atoms with Gasteiger partial charge in [0.1, 0.15) is 5.52 Å². The molecule has 0 N–H and O–H groups in total. The average Bonchev–Trinajstić information content (AvgIpc) is 2.89. The van der Waals surface area contributed by atoms with Crippen LogP contribution < -0.4 is 0 Å². The molecule has 106 valence electrons. The quantitative estimate of drug-likeness (QED) is 0.813. The fraction of sp³-hybridized carbons (Fsp3) is 0.500. The van der Waals surface area contributed by atoms with Crippen molar-refractivity contribution in [3.63, 3.8) is 0 Å². The zero-order valence-corrected chi connectivity index (χ0v) is 11.9. The molecule has 6 heteroatoms. The normalized spacial score (nSPS) is 16.8. The summed E-state index contributed by atoms with van der Waals surface area (Å²) in [7, 11) is 2.08. The Kier molecular flexibility index (Phi) is 3.40. The number of carbonyl (C=O) groups excluding carboxylic acids is 1. The van der Waals surface area contributed by atoms with Crippen molar-refractivity contribution in [1.29, 1.82) is 0 Å². The van der Waals surface area contributed by atoms with Crippen molar-refractivity contribution in [2.45, 2.75) is 13.5 Å². The van der Waals surface area contributed by atoms with Crippen LogP contribution in [0.25, 0.3) is 11.0 Å². The number of hydrogen-bond acceptors (Lipinski definition) is 4. The maximum absolute atomic E-state index is 12.5. The molecule has 1 aliphatic rings. The number of nitrogens with zero attached hydrogens (tertiary/aromatic N) is 5. The molecule has 0 spiro atoms. The minimum atomic E-state index is 0.0889. The van der Waals surface area contributed by atoms with Gasteiger partial charge >= 0.3 is 0 Å². The Morgan fingerprint density at radius 2 is 2.00 bits per heavy atom. The molecule has 0 bridgehead atoms. The van der Waals surface area contributed by atoms with Gasteiger partial charge in [-0.1, -0.05) is 5.21 Å². The van der Waals surface area contributed by atoms with Gasteiger partial charge in [-0.15, -0.1) is 5.10 Å². The maximum atomic E-state index is 12.5. The van der Waals surface area contributed by atoms with Crippen molar-refractivity contribution in [2.75, 3.05) is 33.2 Å². The van der Waals surface area contributed by atoms with Gasteiger partial charge in [0, 0.05) is 38.3 Å². The summed E-state index contributed by atoms with van der Waals surface area (Å²) in [6.45, 7) is 6.24. The lowest BCUT2D eigenvalue weighted by atomic mass is 10.1. The van der Waals surface area contributed by atoms with E-state index in [0.717, 1.165) is 43.8 Å². The summed E-state index contributed by atoms with van der Waals surface area (Å²) in [4.78, 5) is 16.6. The van der Waals surface area contributed by atoms with E-state index >= 15 is 0 Å². The number of likely N-dealkylation sites (N-methyl/N-ethyl adjacent to an activating group) is 1. The fourth-order valence-corrected chi connectivity index (χ4v) is 2.53. The first-order valence-corrected chi connectivity index (χ1v) is 7.00. The fourth-order valence-electron chi connectivity index (χ4n) is 2.53. The monoisotopic (exact) mass is 273 g/mol. The van der Waals surface area contributed by atoms with Gasteiger partial charge in [-0.3, -0.25) is 4.79 Å². The van der Waals surface area contributed by atoms with E-state index in [0.29, 0.717) is 5.56 Å². The summed E-state index contributed by atoms with van der Waals surface area (Å²) in [6.07, 6.45) is 0. The van der Waals surface area contributed by atoms with E-state index in [4.69, 9.17) is 0 Å². The molecular formula is C14H19N5O. The molecule has 1 aliphatic heterocycles. The zero-order valence-electron chi connectivity index (χ0n) is 11.9. The molecular weight excluding hydrogens is 254 g/mol. The molecule has 2 aromatic rings. The van der Waals surface area contributed by atoms with E-state index in [1.165, 1.54) is 0 Å². The molecule has 0 radical (unpaired) electrons. The molecule has 6 nitrogen and oxygen atoms in total. The van der Waals surface area contributed by atoms with Crippen LogP contribution in [0.4, 0.5) is 0 Å². The number of hydrogen-bond donors (Lipinski definition) is 0. The van der Waals surface area contributed by atoms with Gasteiger partial charge < -0.3 is 9.80 Å². The highest BCUT2D eigenvalue weighted by molar-refractivity contribution is 5.97. The van der Waals surface area contributed by atoms with E-state index in [2.05, 4.69) is 22.3 Å². The molecule has 0 saturated carbocycles. The third-order valence-electron chi connectivity index (χ3n) is 3.85. The summed E-state index contributed by atoms with van der Waals surface area (Å²) < 4.78 is 1.83. The largest absolute Gasteiger partial charge is 0.336 e. The smallest absolute Gasteiger partial charge is 0.254 e. The van der Waals surface area contributed by atoms with E-state index in [9.17, 15) is 4.79 Å². The Hall–Kier alpha value is -1.95. The third-order valence-corrected chi connectivity index (χ3v) is 3.85. The minimum absolute atomic E-state index is 0.0889. The number of fused-ring (bicyclic) bond motifs is 1. The molecule has 1 saturated heterocycles. The lowest BCUT2D eigenvalue weighted by Gasteiger charge is -2.32. The molecule has 1 fully saturated rings. The van der Waals surface area contributed by atoms with Crippen LogP contribution >= 0.6 is 0 Å². The second-order valence-electron chi connectivity index (χ2n) is 5.20. The molecule has 1 aromatic carbocycles. The number of amides is 1. The summed E-state index contributed by atoms with van der Waals surface area (Å²) >= 11 is 0. The summed E-state index contributed by atoms with van der Waals surface area (Å²) in [5.74, 6) is 0.0889. The highest BCUT2D eigenvalue weighted by Gasteiger charge is 2.20. The predicted octanol–water partition coefficient (Wildman–Crippen LogP) is 0.839. The number of rotatable bonds is 2. The predicted molar refractivity (Wildman–Crippen MR) is 76.6 cm³/mol. The van der Waals surface area contributed by atoms with E-state index in [1.54, 1.807) is 0 Å². The third kappa shape index (κ3) is 2.27. The van der Waals surface area contributed by atoms with E-state index in [1.807, 2.05) is 34.7 Å². The van der Waals surface area contributed by atoms with E-state index in [-0.39, 0.29) is 5.91 Å². The highest BCUT2D eigenvalue weighted by atomic mass is 16.2. The van der Waals surface area contributed by atoms with Gasteiger partial charge in [0.2, 0.25) is 0 Å². The van der Waals surface area contributed by atoms with Crippen molar-refractivity contribution < 1.29 is 4.79 Å². The first-order chi connectivity index (χ1) is 9.69. The van der Waals surface area contributed by atoms with Crippen LogP contribution in [0.2, 0.25) is 0 Å². The molecule has 1 aromatic heterocycles. The molecule has 20 heavy (non-hydrogen) atoms. The number of carbonyl (C=O) groups is 1. The number of piperazine rings is 1. The molecule has 3 rings (SSSR count). The Morgan fingerprint density at radius 1 is 1.25 bits per heavy atom. The number of benzene rings is 1. The first-order valence-electron chi connectivity index (χ1n) is 7.00. The average molecular weight is 273 g/mol. The summed E-state index contributed by atoms with van der Waals surface area (Å²) in [5, 5.41) is 8.20. The van der Waals surface area contributed by atoms with Crippen LogP contribution in [-0.4, -0.2) is 63.9 Å². The molecule has 0 unspecified atom stereocenters. The molecule has 0 aliphatic carbocycles. The molecule has 2 heterocycles. The van der Waals surface area contributed by atoms with Crippen LogP contribution in [0.3, 0.4) is 0 Å². The minimum Gasteiger partial charge on any atom is -0.336 e. The van der Waals surface area contributed by atoms with Crippen LogP contribution in [0.5, 0.6) is 0 Å². The standard InChI is InChI=1S/C14H19N5O/c1-3-19-13-5-4-11(10-12(13)15-16-19)14(20)18-8-6-17(2)7-9-18/h4-5,10H,3,6-9H2,1-2H3. The summed E-state index contributed by atoms with van der Waals surface area (Å²) in [6, 6.07) is 5.65. The van der Waals surface area contributed by atoms with Crippen molar-refractivity contribution >= 4 is 16.9 Å². The van der Waals surface area contributed by atoms with Gasteiger partial charge in [-0.05, 0) is 32.2 Å². The van der Waals surface area contributed by atoms with Crippen molar-refractivity contribution in [2.24, 2.45) is 0 Å². The second kappa shape index (κ2) is 5.20. The lowest BCUT2D eigenvalue weighted by Crippen LogP contribution is -2.47. The zero-order chi connectivity index (χ0) is 14.1. The van der Waals surface area contributed by atoms with Gasteiger partial charge in [0.05, 0.1) is 5.52 Å². The maximum Gasteiger partial charge on any atom is 0.254 e. The summed E-state index contributed by atoms with van der Waals surface area (Å²) in [5.41, 5.74) is 2.46. The van der Waals surface area contributed by atoms with E-state index < -0.39 is 0 Å². The van der Waals surface area contributed by atoms with Crippen molar-refractivity contribution in [1.82, 2.24) is 24.8 Å². The first kappa shape index (κ1) is 13.1. The number of aryl methyl sites for hydroxylation is 1. The van der Waals surface area contributed by atoms with Crippen molar-refractivity contribution in [3.05, 3.63) is 23.8 Å². The van der Waals surface area contributed by atoms with Gasteiger partial charge in [-0.2, -0.15) is 0 Å². The lowest BCUT2D eigenvalue weighted by molar-refractivity contribution is 0.0664. The van der Waals surface area contributed by atoms with Crippen LogP contribution in [0.1, 0.15) is 17.3 Å². The van der Waals surface area contributed by atoms with Crippen LogP contribution in [0, 0.1) is 0 Å². The Bertz CT molecular complexity index is 628. The topological polar surface area (TPSA) is 54.3 Å². The van der Waals surface area contributed by atoms with Crippen LogP contribution in [0.15, 0.2) is 18.2 Å². The molecule has 1 amide bonds. The Balaban J connectivity index is 1.84. The SMILES string of the molecule is CCn1nnc2cc(C(=O)N3CCN(C)CC3)ccc21. The Labute approximate surface area is 118 Å². The second-order valence-corrected chi connectivity index (χ2v) is 5.20. The van der Waals surface area contributed by atoms with Crippen LogP contribution in [-0.2, 0) is 6.54 Å².